The van der Waals surface area contributed by atoms with E-state index in [1.807, 2.05) is 47.4 Å². The second kappa shape index (κ2) is 6.79. The average molecular weight is 370 g/mol. The van der Waals surface area contributed by atoms with Crippen molar-refractivity contribution in [3.8, 4) is 5.69 Å². The van der Waals surface area contributed by atoms with Crippen LogP contribution in [0.4, 0.5) is 0 Å². The van der Waals surface area contributed by atoms with Crippen molar-refractivity contribution in [2.75, 3.05) is 12.3 Å². The van der Waals surface area contributed by atoms with Gasteiger partial charge < -0.3 is 10.2 Å². The topological polar surface area (TPSA) is 67.2 Å². The lowest BCUT2D eigenvalue weighted by Gasteiger charge is -2.29. The number of carbonyl (C=O) groups is 2. The molecule has 0 radical (unpaired) electrons. The largest absolute Gasteiger partial charge is 0.354 e. The predicted octanol–water partition coefficient (Wildman–Crippen LogP) is 1.98. The lowest BCUT2D eigenvalue weighted by Crippen LogP contribution is -2.50. The van der Waals surface area contributed by atoms with Crippen molar-refractivity contribution in [1.82, 2.24) is 20.0 Å². The predicted molar refractivity (Wildman–Crippen MR) is 101 cm³/mol. The number of hydrogen-bond donors (Lipinski definition) is 1. The first kappa shape index (κ1) is 17.1. The van der Waals surface area contributed by atoms with Crippen molar-refractivity contribution < 1.29 is 9.59 Å². The molecule has 3 heterocycles. The van der Waals surface area contributed by atoms with Crippen LogP contribution in [-0.2, 0) is 16.0 Å². The first-order valence-electron chi connectivity index (χ1n) is 8.90. The van der Waals surface area contributed by atoms with E-state index in [1.165, 1.54) is 0 Å². The number of para-hydroxylation sites is 1. The highest BCUT2D eigenvalue weighted by Crippen LogP contribution is 2.47. The van der Waals surface area contributed by atoms with Crippen molar-refractivity contribution in [1.29, 1.82) is 0 Å². The van der Waals surface area contributed by atoms with Crippen LogP contribution in [-0.4, -0.2) is 49.7 Å². The van der Waals surface area contributed by atoms with E-state index in [0.29, 0.717) is 25.1 Å². The summed E-state index contributed by atoms with van der Waals surface area (Å²) >= 11 is 1.72. The first-order chi connectivity index (χ1) is 12.6. The van der Waals surface area contributed by atoms with Gasteiger partial charge in [0.05, 0.1) is 16.8 Å². The Labute approximate surface area is 156 Å². The Morgan fingerprint density at radius 3 is 3.00 bits per heavy atom. The van der Waals surface area contributed by atoms with E-state index in [-0.39, 0.29) is 22.7 Å². The highest BCUT2D eigenvalue weighted by atomic mass is 32.2. The number of benzene rings is 1. The number of fused-ring (bicyclic) bond motifs is 1. The molecular weight excluding hydrogens is 348 g/mol. The molecule has 2 amide bonds. The average Bonchev–Trinajstić information content (AvgIpc) is 3.32. The molecule has 2 atom stereocenters. The Morgan fingerprint density at radius 1 is 1.38 bits per heavy atom. The summed E-state index contributed by atoms with van der Waals surface area (Å²) in [6.45, 7) is 2.60. The van der Waals surface area contributed by atoms with E-state index in [9.17, 15) is 9.59 Å². The quantitative estimate of drug-likeness (QED) is 0.874. The Hall–Kier alpha value is -2.28. The molecule has 1 aromatic carbocycles. The molecule has 0 spiro atoms. The molecule has 0 aliphatic carbocycles. The van der Waals surface area contributed by atoms with Crippen LogP contribution in [0.1, 0.15) is 25.3 Å². The van der Waals surface area contributed by atoms with Crippen LogP contribution in [0.25, 0.3) is 5.69 Å². The lowest BCUT2D eigenvalue weighted by atomic mass is 10.2. The number of nitrogens with zero attached hydrogens (tertiary/aromatic N) is 3. The van der Waals surface area contributed by atoms with Crippen LogP contribution < -0.4 is 5.32 Å². The number of carbonyl (C=O) groups excluding carboxylic acids is 2. The van der Waals surface area contributed by atoms with Gasteiger partial charge in [-0.25, -0.2) is 4.68 Å². The van der Waals surface area contributed by atoms with E-state index >= 15 is 0 Å². The molecule has 2 aliphatic rings. The molecule has 2 saturated heterocycles. The maximum atomic E-state index is 12.6. The maximum Gasteiger partial charge on any atom is 0.243 e. The number of rotatable bonds is 5. The molecule has 2 unspecified atom stereocenters. The van der Waals surface area contributed by atoms with Crippen molar-refractivity contribution in [2.24, 2.45) is 0 Å². The number of aromatic nitrogens is 2. The monoisotopic (exact) mass is 370 g/mol. The van der Waals surface area contributed by atoms with Crippen LogP contribution in [0, 0.1) is 0 Å². The summed E-state index contributed by atoms with van der Waals surface area (Å²) in [5.74, 6) is 0.730. The molecule has 0 bridgehead atoms. The molecule has 4 rings (SSSR count). The number of amides is 2. The van der Waals surface area contributed by atoms with E-state index < -0.39 is 0 Å². The zero-order chi connectivity index (χ0) is 18.1. The fourth-order valence-electron chi connectivity index (χ4n) is 3.67. The number of hydrogen-bond acceptors (Lipinski definition) is 4. The molecule has 7 heteroatoms. The third-order valence-corrected chi connectivity index (χ3v) is 6.62. The van der Waals surface area contributed by atoms with Gasteiger partial charge in [0.1, 0.15) is 6.04 Å². The molecule has 2 aromatic rings. The normalized spacial score (nSPS) is 24.7. The second-order valence-corrected chi connectivity index (χ2v) is 8.44. The van der Waals surface area contributed by atoms with Gasteiger partial charge in [-0.1, -0.05) is 18.2 Å². The van der Waals surface area contributed by atoms with Gasteiger partial charge in [0.2, 0.25) is 11.8 Å². The standard InChI is InChI=1S/C19H22N4O2S/c1-19-9-7-17(24)23(19)16(13-26-19)18(25)20-10-8-14-11-21-22(12-14)15-5-3-2-4-6-15/h2-6,11-12,16H,7-10,13H2,1H3,(H,20,25). The van der Waals surface area contributed by atoms with Gasteiger partial charge in [-0.3, -0.25) is 9.59 Å². The highest BCUT2D eigenvalue weighted by molar-refractivity contribution is 8.01. The summed E-state index contributed by atoms with van der Waals surface area (Å²) < 4.78 is 1.83. The molecule has 0 saturated carbocycles. The fourth-order valence-corrected chi connectivity index (χ4v) is 5.11. The molecule has 6 nitrogen and oxygen atoms in total. The molecular formula is C19H22N4O2S. The summed E-state index contributed by atoms with van der Waals surface area (Å²) in [4.78, 5) is 26.3. The Kier molecular flexibility index (Phi) is 4.48. The van der Waals surface area contributed by atoms with E-state index in [1.54, 1.807) is 16.7 Å². The molecule has 1 aromatic heterocycles. The summed E-state index contributed by atoms with van der Waals surface area (Å²) in [5.41, 5.74) is 2.08. The number of nitrogens with one attached hydrogen (secondary N) is 1. The molecule has 2 fully saturated rings. The van der Waals surface area contributed by atoms with Gasteiger partial charge in [-0.15, -0.1) is 11.8 Å². The van der Waals surface area contributed by atoms with Crippen LogP contribution in [0.2, 0.25) is 0 Å². The van der Waals surface area contributed by atoms with Gasteiger partial charge in [-0.05, 0) is 37.5 Å². The van der Waals surface area contributed by atoms with Crippen LogP contribution in [0.3, 0.4) is 0 Å². The van der Waals surface area contributed by atoms with Gasteiger partial charge in [0.25, 0.3) is 0 Å². The summed E-state index contributed by atoms with van der Waals surface area (Å²) in [7, 11) is 0. The Balaban J connectivity index is 1.32. The van der Waals surface area contributed by atoms with Crippen LogP contribution in [0.15, 0.2) is 42.7 Å². The highest BCUT2D eigenvalue weighted by Gasteiger charge is 2.52. The molecule has 26 heavy (non-hydrogen) atoms. The van der Waals surface area contributed by atoms with Crippen molar-refractivity contribution in [2.45, 2.75) is 37.1 Å². The minimum atomic E-state index is -0.341. The second-order valence-electron chi connectivity index (χ2n) is 6.94. The van der Waals surface area contributed by atoms with E-state index in [2.05, 4.69) is 17.3 Å². The molecule has 136 valence electrons. The van der Waals surface area contributed by atoms with Crippen molar-refractivity contribution >= 4 is 23.6 Å². The van der Waals surface area contributed by atoms with Crippen molar-refractivity contribution in [3.63, 3.8) is 0 Å². The Bertz CT molecular complexity index is 822. The first-order valence-corrected chi connectivity index (χ1v) is 9.88. The zero-order valence-electron chi connectivity index (χ0n) is 14.7. The van der Waals surface area contributed by atoms with E-state index in [4.69, 9.17) is 0 Å². The van der Waals surface area contributed by atoms with E-state index in [0.717, 1.165) is 17.7 Å². The van der Waals surface area contributed by atoms with Gasteiger partial charge in [0, 0.05) is 24.9 Å². The molecule has 2 aliphatic heterocycles. The lowest BCUT2D eigenvalue weighted by molar-refractivity contribution is -0.137. The molecule has 1 N–H and O–H groups in total. The maximum absolute atomic E-state index is 12.6. The number of thioether (sulfide) groups is 1. The Morgan fingerprint density at radius 2 is 2.19 bits per heavy atom. The third kappa shape index (κ3) is 3.11. The van der Waals surface area contributed by atoms with Gasteiger partial charge in [0.15, 0.2) is 0 Å². The fraction of sp³-hybridized carbons (Fsp3) is 0.421. The summed E-state index contributed by atoms with van der Waals surface area (Å²) in [6.07, 6.45) is 5.90. The zero-order valence-corrected chi connectivity index (χ0v) is 15.5. The van der Waals surface area contributed by atoms with Crippen LogP contribution >= 0.6 is 11.8 Å². The minimum absolute atomic E-state index is 0.0491. The minimum Gasteiger partial charge on any atom is -0.354 e. The third-order valence-electron chi connectivity index (χ3n) is 5.12. The van der Waals surface area contributed by atoms with Crippen molar-refractivity contribution in [3.05, 3.63) is 48.3 Å². The van der Waals surface area contributed by atoms with Crippen LogP contribution in [0.5, 0.6) is 0 Å². The SMILES string of the molecule is CC12CCC(=O)N1C(C(=O)NCCc1cnn(-c3ccccc3)c1)CS2. The smallest absolute Gasteiger partial charge is 0.243 e. The summed E-state index contributed by atoms with van der Waals surface area (Å²) in [5, 5.41) is 7.36. The van der Waals surface area contributed by atoms with Gasteiger partial charge >= 0.3 is 0 Å². The van der Waals surface area contributed by atoms with Gasteiger partial charge in [-0.2, -0.15) is 5.10 Å². The summed E-state index contributed by atoms with van der Waals surface area (Å²) in [6, 6.07) is 9.59.